The lowest BCUT2D eigenvalue weighted by atomic mass is 10.1. The second-order valence-electron chi connectivity index (χ2n) is 5.97. The number of rotatable bonds is 3. The van der Waals surface area contributed by atoms with E-state index >= 15 is 0 Å². The van der Waals surface area contributed by atoms with Gasteiger partial charge in [0, 0.05) is 29.7 Å². The van der Waals surface area contributed by atoms with Crippen LogP contribution in [0.15, 0.2) is 65.7 Å². The molecule has 0 unspecified atom stereocenters. The van der Waals surface area contributed by atoms with Gasteiger partial charge in [0.05, 0.1) is 11.4 Å². The monoisotopic (exact) mass is 364 g/mol. The van der Waals surface area contributed by atoms with Crippen molar-refractivity contribution in [2.24, 2.45) is 7.05 Å². The fourth-order valence-corrected chi connectivity index (χ4v) is 4.28. The Balaban J connectivity index is 1.66. The van der Waals surface area contributed by atoms with Crippen LogP contribution in [-0.2, 0) is 18.4 Å². The normalized spacial score (nSPS) is 16.4. The van der Waals surface area contributed by atoms with Gasteiger partial charge >= 0.3 is 0 Å². The van der Waals surface area contributed by atoms with Crippen LogP contribution in [0.25, 0.3) is 17.0 Å². The lowest BCUT2D eigenvalue weighted by Crippen LogP contribution is -2.27. The number of benzene rings is 2. The molecule has 1 fully saturated rings. The van der Waals surface area contributed by atoms with E-state index in [2.05, 4.69) is 22.9 Å². The molecule has 1 aliphatic heterocycles. The van der Waals surface area contributed by atoms with Crippen LogP contribution in [0.3, 0.4) is 0 Å². The highest BCUT2D eigenvalue weighted by atomic mass is 32.2. The second kappa shape index (κ2) is 6.50. The number of aromatic nitrogens is 1. The Labute approximate surface area is 155 Å². The molecule has 1 aromatic heterocycles. The van der Waals surface area contributed by atoms with Crippen molar-refractivity contribution in [2.45, 2.75) is 6.54 Å². The lowest BCUT2D eigenvalue weighted by molar-refractivity contribution is -0.122. The Hall–Kier alpha value is -2.37. The molecule has 0 N–H and O–H groups in total. The Bertz CT molecular complexity index is 1000. The average molecular weight is 364 g/mol. The summed E-state index contributed by atoms with van der Waals surface area (Å²) in [6.07, 6.45) is 4.00. The standard InChI is InChI=1S/C20H16N2OS2/c1-21-13-15(16-9-5-6-10-17(16)21)11-18-19(23)22(20(24)25-18)12-14-7-3-2-4-8-14/h2-11,13H,12H2,1H3/b18-11+. The zero-order chi connectivity index (χ0) is 17.4. The van der Waals surface area contributed by atoms with Gasteiger partial charge in [-0.2, -0.15) is 0 Å². The molecule has 0 aliphatic carbocycles. The molecular weight excluding hydrogens is 348 g/mol. The number of carbonyl (C=O) groups is 1. The van der Waals surface area contributed by atoms with Crippen molar-refractivity contribution in [2.75, 3.05) is 0 Å². The van der Waals surface area contributed by atoms with E-state index in [1.165, 1.54) is 11.8 Å². The summed E-state index contributed by atoms with van der Waals surface area (Å²) in [5.41, 5.74) is 3.26. The third kappa shape index (κ3) is 3.01. The number of fused-ring (bicyclic) bond motifs is 1. The van der Waals surface area contributed by atoms with E-state index in [1.807, 2.05) is 55.6 Å². The number of hydrogen-bond acceptors (Lipinski definition) is 3. The van der Waals surface area contributed by atoms with E-state index in [9.17, 15) is 4.79 Å². The summed E-state index contributed by atoms with van der Waals surface area (Å²) >= 11 is 6.81. The van der Waals surface area contributed by atoms with Crippen molar-refractivity contribution >= 4 is 51.2 Å². The van der Waals surface area contributed by atoms with Crippen LogP contribution < -0.4 is 0 Å². The minimum absolute atomic E-state index is 0.0215. The Morgan fingerprint density at radius 3 is 2.60 bits per heavy atom. The zero-order valence-electron chi connectivity index (χ0n) is 13.7. The van der Waals surface area contributed by atoms with Gasteiger partial charge in [0.15, 0.2) is 0 Å². The summed E-state index contributed by atoms with van der Waals surface area (Å²) < 4.78 is 2.69. The smallest absolute Gasteiger partial charge is 0.266 e. The minimum atomic E-state index is -0.0215. The Kier molecular flexibility index (Phi) is 4.19. The van der Waals surface area contributed by atoms with Gasteiger partial charge < -0.3 is 4.57 Å². The molecule has 0 radical (unpaired) electrons. The Morgan fingerprint density at radius 2 is 1.80 bits per heavy atom. The molecule has 2 aromatic carbocycles. The number of aryl methyl sites for hydroxylation is 1. The van der Waals surface area contributed by atoms with Crippen molar-refractivity contribution in [3.8, 4) is 0 Å². The van der Waals surface area contributed by atoms with Gasteiger partial charge in [-0.25, -0.2) is 0 Å². The van der Waals surface area contributed by atoms with Crippen LogP contribution in [0.4, 0.5) is 0 Å². The molecule has 1 amide bonds. The van der Waals surface area contributed by atoms with E-state index in [4.69, 9.17) is 12.2 Å². The van der Waals surface area contributed by atoms with Crippen molar-refractivity contribution in [1.82, 2.24) is 9.47 Å². The molecule has 0 atom stereocenters. The number of carbonyl (C=O) groups excluding carboxylic acids is 1. The van der Waals surface area contributed by atoms with Crippen molar-refractivity contribution in [3.05, 3.63) is 76.8 Å². The first-order chi connectivity index (χ1) is 12.1. The maximum absolute atomic E-state index is 12.8. The van der Waals surface area contributed by atoms with E-state index < -0.39 is 0 Å². The van der Waals surface area contributed by atoms with Crippen LogP contribution in [0.5, 0.6) is 0 Å². The molecule has 1 aliphatic rings. The van der Waals surface area contributed by atoms with Gasteiger partial charge in [0.2, 0.25) is 0 Å². The van der Waals surface area contributed by atoms with Gasteiger partial charge in [0.1, 0.15) is 4.32 Å². The summed E-state index contributed by atoms with van der Waals surface area (Å²) in [5, 5.41) is 1.14. The summed E-state index contributed by atoms with van der Waals surface area (Å²) in [6.45, 7) is 0.512. The number of thioether (sulfide) groups is 1. The van der Waals surface area contributed by atoms with Gasteiger partial charge in [-0.05, 0) is 17.7 Å². The van der Waals surface area contributed by atoms with Gasteiger partial charge in [-0.3, -0.25) is 9.69 Å². The number of thiocarbonyl (C=S) groups is 1. The van der Waals surface area contributed by atoms with E-state index in [0.717, 1.165) is 22.0 Å². The van der Waals surface area contributed by atoms with E-state index in [0.29, 0.717) is 15.8 Å². The summed E-state index contributed by atoms with van der Waals surface area (Å²) in [5.74, 6) is -0.0215. The predicted octanol–water partition coefficient (Wildman–Crippen LogP) is 4.58. The van der Waals surface area contributed by atoms with Crippen LogP contribution in [0.1, 0.15) is 11.1 Å². The molecule has 25 heavy (non-hydrogen) atoms. The van der Waals surface area contributed by atoms with E-state index in [-0.39, 0.29) is 5.91 Å². The quantitative estimate of drug-likeness (QED) is 0.502. The van der Waals surface area contributed by atoms with Crippen molar-refractivity contribution < 1.29 is 4.79 Å². The summed E-state index contributed by atoms with van der Waals surface area (Å²) in [7, 11) is 2.01. The molecule has 0 spiro atoms. The minimum Gasteiger partial charge on any atom is -0.350 e. The molecule has 124 valence electrons. The first-order valence-electron chi connectivity index (χ1n) is 7.97. The number of nitrogens with zero attached hydrogens (tertiary/aromatic N) is 2. The van der Waals surface area contributed by atoms with Gasteiger partial charge in [-0.15, -0.1) is 0 Å². The summed E-state index contributed by atoms with van der Waals surface area (Å²) in [6, 6.07) is 18.1. The second-order valence-corrected chi connectivity index (χ2v) is 7.64. The van der Waals surface area contributed by atoms with Crippen LogP contribution >= 0.6 is 24.0 Å². The number of para-hydroxylation sites is 1. The molecule has 4 rings (SSSR count). The highest BCUT2D eigenvalue weighted by molar-refractivity contribution is 8.26. The van der Waals surface area contributed by atoms with Gasteiger partial charge in [0.25, 0.3) is 5.91 Å². The fraction of sp³-hybridized carbons (Fsp3) is 0.100. The molecule has 0 saturated carbocycles. The Morgan fingerprint density at radius 1 is 1.08 bits per heavy atom. The molecule has 3 aromatic rings. The van der Waals surface area contributed by atoms with Crippen LogP contribution in [0.2, 0.25) is 0 Å². The first-order valence-corrected chi connectivity index (χ1v) is 9.19. The highest BCUT2D eigenvalue weighted by Gasteiger charge is 2.32. The largest absolute Gasteiger partial charge is 0.350 e. The predicted molar refractivity (Wildman–Crippen MR) is 108 cm³/mol. The van der Waals surface area contributed by atoms with Crippen molar-refractivity contribution in [3.63, 3.8) is 0 Å². The average Bonchev–Trinajstić information content (AvgIpc) is 3.08. The molecule has 0 bridgehead atoms. The third-order valence-corrected chi connectivity index (χ3v) is 5.65. The maximum Gasteiger partial charge on any atom is 0.266 e. The highest BCUT2D eigenvalue weighted by Crippen LogP contribution is 2.35. The molecule has 1 saturated heterocycles. The number of amides is 1. The van der Waals surface area contributed by atoms with Crippen LogP contribution in [-0.4, -0.2) is 19.7 Å². The maximum atomic E-state index is 12.8. The van der Waals surface area contributed by atoms with Crippen LogP contribution in [0, 0.1) is 0 Å². The first kappa shape index (κ1) is 16.1. The zero-order valence-corrected chi connectivity index (χ0v) is 15.3. The van der Waals surface area contributed by atoms with E-state index in [1.54, 1.807) is 4.90 Å². The van der Waals surface area contributed by atoms with Crippen molar-refractivity contribution in [1.29, 1.82) is 0 Å². The lowest BCUT2D eigenvalue weighted by Gasteiger charge is -2.14. The van der Waals surface area contributed by atoms with Gasteiger partial charge in [-0.1, -0.05) is 72.5 Å². The molecule has 2 heterocycles. The topological polar surface area (TPSA) is 25.2 Å². The fourth-order valence-electron chi connectivity index (χ4n) is 3.03. The SMILES string of the molecule is Cn1cc(/C=C2/SC(=S)N(Cc3ccccc3)C2=O)c2ccccc21. The molecule has 3 nitrogen and oxygen atoms in total. The third-order valence-electron chi connectivity index (χ3n) is 4.27. The molecule has 5 heteroatoms. The number of hydrogen-bond donors (Lipinski definition) is 0. The molecular formula is C20H16N2OS2. The summed E-state index contributed by atoms with van der Waals surface area (Å²) in [4.78, 5) is 15.2.